The predicted octanol–water partition coefficient (Wildman–Crippen LogP) is -1.40. The van der Waals surface area contributed by atoms with E-state index in [9.17, 15) is 14.9 Å². The Labute approximate surface area is 61.8 Å². The molecule has 0 aliphatic heterocycles. The molecular weight excluding hydrogens is 156 g/mol. The lowest BCUT2D eigenvalue weighted by atomic mass is 10.2. The summed E-state index contributed by atoms with van der Waals surface area (Å²) >= 11 is 0. The number of aliphatic hydroxyl groups excluding tert-OH is 1. The molecule has 0 saturated carbocycles. The highest BCUT2D eigenvalue weighted by molar-refractivity contribution is 5.73. The molecule has 0 heterocycles. The number of rotatable bonds is 4. The minimum atomic E-state index is -1.56. The molecule has 0 aliphatic rings. The number of hydrogen-bond donors (Lipinski definition) is 3. The lowest BCUT2D eigenvalue weighted by Crippen LogP contribution is -2.47. The van der Waals surface area contributed by atoms with Crippen molar-refractivity contribution in [2.24, 2.45) is 0 Å². The predicted molar refractivity (Wildman–Crippen MR) is 33.2 cm³/mol. The van der Waals surface area contributed by atoms with Crippen molar-refractivity contribution in [3.05, 3.63) is 10.1 Å². The zero-order valence-electron chi connectivity index (χ0n) is 5.72. The Hall–Kier alpha value is -1.37. The maximum atomic E-state index is 10.1. The summed E-state index contributed by atoms with van der Waals surface area (Å²) in [6.45, 7) is 1.15. The Morgan fingerprint density at radius 3 is 2.27 bits per heavy atom. The molecule has 0 aromatic rings. The summed E-state index contributed by atoms with van der Waals surface area (Å²) in [6.07, 6.45) is -1.31. The topological polar surface area (TPSA) is 113 Å². The highest BCUT2D eigenvalue weighted by Gasteiger charge is 2.27. The van der Waals surface area contributed by atoms with E-state index in [1.807, 2.05) is 0 Å². The second-order valence-electron chi connectivity index (χ2n) is 1.94. The number of aliphatic hydroxyl groups is 1. The molecule has 0 rings (SSSR count). The van der Waals surface area contributed by atoms with Crippen LogP contribution in [0.1, 0.15) is 6.92 Å². The normalized spacial score (nSPS) is 15.1. The molecule has 0 unspecified atom stereocenters. The Kier molecular flexibility index (Phi) is 3.25. The van der Waals surface area contributed by atoms with E-state index >= 15 is 0 Å². The fraction of sp³-hybridized carbons (Fsp3) is 0.750. The van der Waals surface area contributed by atoms with E-state index in [1.165, 1.54) is 5.43 Å². The molecule has 7 nitrogen and oxygen atoms in total. The standard InChI is InChI=1S/C4H8N2O5/c1-2(7)3(4(8)9)5-6(10)11/h2-3,5,7H,1H3,(H,8,9)/t2-,3+/m1/s1. The fourth-order valence-electron chi connectivity index (χ4n) is 0.483. The molecule has 0 spiro atoms. The van der Waals surface area contributed by atoms with Gasteiger partial charge in [-0.25, -0.2) is 14.9 Å². The van der Waals surface area contributed by atoms with Crippen LogP contribution in [0.5, 0.6) is 0 Å². The van der Waals surface area contributed by atoms with Crippen LogP contribution in [0.4, 0.5) is 0 Å². The minimum absolute atomic E-state index is 1.01. The Balaban J connectivity index is 4.12. The molecule has 64 valence electrons. The maximum Gasteiger partial charge on any atom is 0.334 e. The number of aliphatic carboxylic acids is 1. The molecule has 0 bridgehead atoms. The van der Waals surface area contributed by atoms with Crippen molar-refractivity contribution in [1.29, 1.82) is 0 Å². The number of hydrazine groups is 1. The summed E-state index contributed by atoms with van der Waals surface area (Å²) in [5.41, 5.74) is 1.45. The Morgan fingerprint density at radius 2 is 2.18 bits per heavy atom. The Bertz CT molecular complexity index is 168. The molecule has 0 amide bonds. The van der Waals surface area contributed by atoms with Gasteiger partial charge in [0.2, 0.25) is 6.04 Å². The number of hydrogen-bond acceptors (Lipinski definition) is 4. The van der Waals surface area contributed by atoms with Crippen molar-refractivity contribution in [2.75, 3.05) is 0 Å². The lowest BCUT2D eigenvalue weighted by molar-refractivity contribution is -0.550. The number of nitrogens with one attached hydrogen (secondary N) is 1. The van der Waals surface area contributed by atoms with Crippen LogP contribution in [0.3, 0.4) is 0 Å². The molecule has 0 saturated heterocycles. The van der Waals surface area contributed by atoms with Crippen molar-refractivity contribution in [2.45, 2.75) is 19.1 Å². The zero-order chi connectivity index (χ0) is 9.02. The molecule has 0 aromatic heterocycles. The average Bonchev–Trinajstić information content (AvgIpc) is 1.81. The number of carbonyl (C=O) groups is 1. The Morgan fingerprint density at radius 1 is 1.73 bits per heavy atom. The quantitative estimate of drug-likeness (QED) is 0.348. The van der Waals surface area contributed by atoms with Gasteiger partial charge in [0.05, 0.1) is 6.10 Å². The summed E-state index contributed by atoms with van der Waals surface area (Å²) in [5, 5.41) is 25.7. The van der Waals surface area contributed by atoms with E-state index in [2.05, 4.69) is 0 Å². The second-order valence-corrected chi connectivity index (χ2v) is 1.94. The van der Waals surface area contributed by atoms with Crippen LogP contribution in [0, 0.1) is 10.1 Å². The molecule has 0 radical (unpaired) electrons. The minimum Gasteiger partial charge on any atom is -0.479 e. The van der Waals surface area contributed by atoms with Crippen LogP contribution in [0.2, 0.25) is 0 Å². The van der Waals surface area contributed by atoms with Crippen LogP contribution in [0.25, 0.3) is 0 Å². The first-order chi connectivity index (χ1) is 4.95. The van der Waals surface area contributed by atoms with E-state index in [0.29, 0.717) is 0 Å². The molecule has 7 heteroatoms. The fourth-order valence-corrected chi connectivity index (χ4v) is 0.483. The summed E-state index contributed by atoms with van der Waals surface area (Å²) < 4.78 is 0. The molecule has 0 fully saturated rings. The van der Waals surface area contributed by atoms with Gasteiger partial charge < -0.3 is 10.2 Å². The van der Waals surface area contributed by atoms with Gasteiger partial charge in [0.15, 0.2) is 5.03 Å². The van der Waals surface area contributed by atoms with Gasteiger partial charge in [-0.2, -0.15) is 0 Å². The number of nitrogens with zero attached hydrogens (tertiary/aromatic N) is 1. The van der Waals surface area contributed by atoms with Gasteiger partial charge in [0.1, 0.15) is 0 Å². The van der Waals surface area contributed by atoms with Gasteiger partial charge in [0, 0.05) is 0 Å². The largest absolute Gasteiger partial charge is 0.479 e. The average molecular weight is 164 g/mol. The lowest BCUT2D eigenvalue weighted by Gasteiger charge is -2.10. The number of carboxylic acids is 1. The van der Waals surface area contributed by atoms with Crippen molar-refractivity contribution in [3.8, 4) is 0 Å². The van der Waals surface area contributed by atoms with Crippen LogP contribution in [-0.4, -0.2) is 33.4 Å². The van der Waals surface area contributed by atoms with Crippen LogP contribution < -0.4 is 5.43 Å². The summed E-state index contributed by atoms with van der Waals surface area (Å²) in [6, 6.07) is -1.56. The zero-order valence-corrected chi connectivity index (χ0v) is 5.72. The third-order valence-corrected chi connectivity index (χ3v) is 0.993. The summed E-state index contributed by atoms with van der Waals surface area (Å²) in [4.78, 5) is 19.9. The summed E-state index contributed by atoms with van der Waals surface area (Å²) in [5.74, 6) is -1.46. The third-order valence-electron chi connectivity index (χ3n) is 0.993. The van der Waals surface area contributed by atoms with Gasteiger partial charge in [-0.05, 0) is 6.92 Å². The van der Waals surface area contributed by atoms with E-state index in [1.54, 1.807) is 0 Å². The molecule has 0 aliphatic carbocycles. The van der Waals surface area contributed by atoms with E-state index in [0.717, 1.165) is 6.92 Å². The SMILES string of the molecule is C[C@@H](O)[C@H](N[N+](=O)[O-])C(=O)O. The van der Waals surface area contributed by atoms with Crippen molar-refractivity contribution >= 4 is 5.97 Å². The van der Waals surface area contributed by atoms with Gasteiger partial charge in [0.25, 0.3) is 0 Å². The van der Waals surface area contributed by atoms with Crippen LogP contribution in [-0.2, 0) is 4.79 Å². The molecule has 0 aromatic carbocycles. The monoisotopic (exact) mass is 164 g/mol. The molecular formula is C4H8N2O5. The van der Waals surface area contributed by atoms with Crippen LogP contribution >= 0.6 is 0 Å². The highest BCUT2D eigenvalue weighted by atomic mass is 16.7. The van der Waals surface area contributed by atoms with Crippen molar-refractivity contribution < 1.29 is 20.0 Å². The number of nitro groups is 1. The van der Waals surface area contributed by atoms with E-state index < -0.39 is 23.1 Å². The molecule has 2 atom stereocenters. The molecule has 3 N–H and O–H groups in total. The van der Waals surface area contributed by atoms with Gasteiger partial charge in [-0.3, -0.25) is 0 Å². The number of carboxylic acid groups (broad SMARTS) is 1. The molecule has 11 heavy (non-hydrogen) atoms. The maximum absolute atomic E-state index is 10.1. The van der Waals surface area contributed by atoms with Gasteiger partial charge >= 0.3 is 5.97 Å². The third kappa shape index (κ3) is 3.36. The second kappa shape index (κ2) is 3.71. The van der Waals surface area contributed by atoms with E-state index in [-0.39, 0.29) is 0 Å². The van der Waals surface area contributed by atoms with Gasteiger partial charge in [-0.15, -0.1) is 5.43 Å². The van der Waals surface area contributed by atoms with Gasteiger partial charge in [-0.1, -0.05) is 0 Å². The van der Waals surface area contributed by atoms with Crippen LogP contribution in [0.15, 0.2) is 0 Å². The van der Waals surface area contributed by atoms with Crippen molar-refractivity contribution in [3.63, 3.8) is 0 Å². The highest BCUT2D eigenvalue weighted by Crippen LogP contribution is 1.91. The van der Waals surface area contributed by atoms with Crippen molar-refractivity contribution in [1.82, 2.24) is 5.43 Å². The first-order valence-electron chi connectivity index (χ1n) is 2.76. The smallest absolute Gasteiger partial charge is 0.334 e. The first kappa shape index (κ1) is 9.63. The first-order valence-corrected chi connectivity index (χ1v) is 2.76. The van der Waals surface area contributed by atoms with E-state index in [4.69, 9.17) is 10.2 Å². The summed E-state index contributed by atoms with van der Waals surface area (Å²) in [7, 11) is 0.